The largest absolute Gasteiger partial charge is 0.466 e. The molecule has 0 aliphatic carbocycles. The lowest BCUT2D eigenvalue weighted by Crippen LogP contribution is -2.14. The number of esters is 1. The van der Waals surface area contributed by atoms with E-state index in [2.05, 4.69) is 20.3 Å². The van der Waals surface area contributed by atoms with Crippen LogP contribution in [0.1, 0.15) is 12.6 Å². The van der Waals surface area contributed by atoms with Gasteiger partial charge in [-0.15, -0.1) is 22.7 Å². The fraction of sp³-hybridized carbons (Fsp3) is 0.267. The molecule has 0 aliphatic rings. The van der Waals surface area contributed by atoms with Gasteiger partial charge in [0.05, 0.1) is 24.5 Å². The number of thiophene rings is 1. The Labute approximate surface area is 155 Å². The molecular weight excluding hydrogens is 380 g/mol. The van der Waals surface area contributed by atoms with Gasteiger partial charge in [0, 0.05) is 10.8 Å². The maximum absolute atomic E-state index is 12.1. The summed E-state index contributed by atoms with van der Waals surface area (Å²) in [5, 5.41) is 8.62. The van der Waals surface area contributed by atoms with E-state index >= 15 is 0 Å². The standard InChI is InChI=1S/C15H14N4O3S3/c1-2-22-12(21)5-9-6-25-15(18-9)19-11(20)7-24-14-10-3-4-23-13(10)16-8-17-14/h3-4,6,8H,2,5,7H2,1H3,(H,18,19,20). The zero-order chi connectivity index (χ0) is 17.6. The van der Waals surface area contributed by atoms with Crippen LogP contribution in [0.25, 0.3) is 10.2 Å². The molecular formula is C15H14N4O3S3. The van der Waals surface area contributed by atoms with Gasteiger partial charge in [-0.05, 0) is 18.4 Å². The zero-order valence-corrected chi connectivity index (χ0v) is 15.7. The van der Waals surface area contributed by atoms with E-state index in [1.807, 2.05) is 11.4 Å². The highest BCUT2D eigenvalue weighted by Crippen LogP contribution is 2.27. The molecule has 3 heterocycles. The predicted octanol–water partition coefficient (Wildman–Crippen LogP) is 2.98. The SMILES string of the molecule is CCOC(=O)Cc1csc(NC(=O)CSc2ncnc3sccc23)n1. The van der Waals surface area contributed by atoms with Gasteiger partial charge >= 0.3 is 5.97 Å². The number of hydrogen-bond acceptors (Lipinski definition) is 9. The minimum Gasteiger partial charge on any atom is -0.466 e. The van der Waals surface area contributed by atoms with Crippen LogP contribution in [0, 0.1) is 0 Å². The van der Waals surface area contributed by atoms with Gasteiger partial charge in [0.25, 0.3) is 0 Å². The Bertz CT molecular complexity index is 893. The monoisotopic (exact) mass is 394 g/mol. The molecule has 25 heavy (non-hydrogen) atoms. The molecule has 0 atom stereocenters. The molecule has 3 rings (SSSR count). The third kappa shape index (κ3) is 4.74. The van der Waals surface area contributed by atoms with Gasteiger partial charge in [-0.3, -0.25) is 9.59 Å². The molecule has 3 aromatic heterocycles. The van der Waals surface area contributed by atoms with Crippen LogP contribution in [0.15, 0.2) is 28.2 Å². The van der Waals surface area contributed by atoms with Crippen molar-refractivity contribution in [2.75, 3.05) is 17.7 Å². The summed E-state index contributed by atoms with van der Waals surface area (Å²) < 4.78 is 4.88. The average molecular weight is 395 g/mol. The van der Waals surface area contributed by atoms with Crippen LogP contribution in [0.5, 0.6) is 0 Å². The fourth-order valence-corrected chi connectivity index (χ4v) is 4.28. The maximum Gasteiger partial charge on any atom is 0.311 e. The Balaban J connectivity index is 1.53. The van der Waals surface area contributed by atoms with Gasteiger partial charge in [-0.25, -0.2) is 15.0 Å². The molecule has 0 radical (unpaired) electrons. The quantitative estimate of drug-likeness (QED) is 0.374. The van der Waals surface area contributed by atoms with Crippen molar-refractivity contribution in [3.05, 3.63) is 28.8 Å². The fourth-order valence-electron chi connectivity index (χ4n) is 1.98. The number of thiazole rings is 1. The highest BCUT2D eigenvalue weighted by molar-refractivity contribution is 8.00. The van der Waals surface area contributed by atoms with Crippen molar-refractivity contribution in [3.8, 4) is 0 Å². The number of hydrogen-bond donors (Lipinski definition) is 1. The zero-order valence-electron chi connectivity index (χ0n) is 13.2. The topological polar surface area (TPSA) is 94.1 Å². The van der Waals surface area contributed by atoms with Gasteiger partial charge < -0.3 is 10.1 Å². The molecule has 130 valence electrons. The lowest BCUT2D eigenvalue weighted by atomic mass is 10.3. The Morgan fingerprint density at radius 1 is 1.32 bits per heavy atom. The van der Waals surface area contributed by atoms with Crippen LogP contribution in [0.4, 0.5) is 5.13 Å². The number of carbonyl (C=O) groups is 2. The number of aromatic nitrogens is 3. The van der Waals surface area contributed by atoms with Crippen LogP contribution in [0.2, 0.25) is 0 Å². The van der Waals surface area contributed by atoms with E-state index in [0.29, 0.717) is 17.4 Å². The minimum atomic E-state index is -0.329. The first kappa shape index (κ1) is 17.8. The van der Waals surface area contributed by atoms with E-state index in [1.54, 1.807) is 12.3 Å². The van der Waals surface area contributed by atoms with Crippen LogP contribution >= 0.6 is 34.4 Å². The number of fused-ring (bicyclic) bond motifs is 1. The van der Waals surface area contributed by atoms with Crippen LogP contribution < -0.4 is 5.32 Å². The van der Waals surface area contributed by atoms with Crippen molar-refractivity contribution < 1.29 is 14.3 Å². The molecule has 1 N–H and O–H groups in total. The molecule has 0 saturated heterocycles. The summed E-state index contributed by atoms with van der Waals surface area (Å²) in [5.74, 6) is -0.289. The van der Waals surface area contributed by atoms with Crippen LogP contribution in [0.3, 0.4) is 0 Å². The molecule has 1 amide bonds. The van der Waals surface area contributed by atoms with E-state index in [-0.39, 0.29) is 24.1 Å². The van der Waals surface area contributed by atoms with E-state index in [1.165, 1.54) is 40.8 Å². The van der Waals surface area contributed by atoms with E-state index in [9.17, 15) is 9.59 Å². The highest BCUT2D eigenvalue weighted by Gasteiger charge is 2.12. The molecule has 10 heteroatoms. The normalized spacial score (nSPS) is 10.8. The minimum absolute atomic E-state index is 0.103. The number of carbonyl (C=O) groups excluding carboxylic acids is 2. The summed E-state index contributed by atoms with van der Waals surface area (Å²) >= 11 is 4.17. The van der Waals surface area contributed by atoms with Crippen molar-refractivity contribution in [1.29, 1.82) is 0 Å². The third-order valence-electron chi connectivity index (χ3n) is 2.99. The van der Waals surface area contributed by atoms with E-state index in [0.717, 1.165) is 15.2 Å². The lowest BCUT2D eigenvalue weighted by molar-refractivity contribution is -0.142. The molecule has 7 nitrogen and oxygen atoms in total. The average Bonchev–Trinajstić information content (AvgIpc) is 3.22. The number of anilines is 1. The molecule has 3 aromatic rings. The van der Waals surface area contributed by atoms with Crippen molar-refractivity contribution in [3.63, 3.8) is 0 Å². The first-order chi connectivity index (χ1) is 12.2. The lowest BCUT2D eigenvalue weighted by Gasteiger charge is -2.02. The number of nitrogens with zero attached hydrogens (tertiary/aromatic N) is 3. The summed E-state index contributed by atoms with van der Waals surface area (Å²) in [7, 11) is 0. The molecule has 0 spiro atoms. The molecule has 0 aliphatic heterocycles. The second kappa shape index (κ2) is 8.37. The summed E-state index contributed by atoms with van der Waals surface area (Å²) in [6, 6.07) is 1.95. The van der Waals surface area contributed by atoms with E-state index in [4.69, 9.17) is 4.74 Å². The Morgan fingerprint density at radius 3 is 3.04 bits per heavy atom. The Morgan fingerprint density at radius 2 is 2.20 bits per heavy atom. The van der Waals surface area contributed by atoms with Gasteiger partial charge in [-0.1, -0.05) is 11.8 Å². The molecule has 0 aromatic carbocycles. The number of thioether (sulfide) groups is 1. The number of amides is 1. The van der Waals surface area contributed by atoms with Crippen molar-refractivity contribution in [2.24, 2.45) is 0 Å². The second-order valence-electron chi connectivity index (χ2n) is 4.78. The smallest absolute Gasteiger partial charge is 0.311 e. The molecule has 0 unspecified atom stereocenters. The first-order valence-corrected chi connectivity index (χ1v) is 10.1. The summed E-state index contributed by atoms with van der Waals surface area (Å²) in [5.41, 5.74) is 0.585. The van der Waals surface area contributed by atoms with Crippen LogP contribution in [-0.4, -0.2) is 39.2 Å². The third-order valence-corrected chi connectivity index (χ3v) is 5.63. The summed E-state index contributed by atoms with van der Waals surface area (Å²) in [6.45, 7) is 2.09. The second-order valence-corrected chi connectivity index (χ2v) is 7.50. The molecule has 0 saturated carbocycles. The summed E-state index contributed by atoms with van der Waals surface area (Å²) in [4.78, 5) is 37.1. The Kier molecular flexibility index (Phi) is 5.95. The van der Waals surface area contributed by atoms with Gasteiger partial charge in [0.1, 0.15) is 16.2 Å². The van der Waals surface area contributed by atoms with Gasteiger partial charge in [-0.2, -0.15) is 0 Å². The molecule has 0 bridgehead atoms. The van der Waals surface area contributed by atoms with Gasteiger partial charge in [0.2, 0.25) is 5.91 Å². The number of rotatable bonds is 7. The number of nitrogens with one attached hydrogen (secondary N) is 1. The maximum atomic E-state index is 12.1. The first-order valence-electron chi connectivity index (χ1n) is 7.36. The Hall–Kier alpha value is -2.04. The van der Waals surface area contributed by atoms with Crippen LogP contribution in [-0.2, 0) is 20.7 Å². The number of ether oxygens (including phenoxy) is 1. The highest BCUT2D eigenvalue weighted by atomic mass is 32.2. The summed E-state index contributed by atoms with van der Waals surface area (Å²) in [6.07, 6.45) is 1.60. The van der Waals surface area contributed by atoms with Crippen molar-refractivity contribution in [1.82, 2.24) is 15.0 Å². The predicted molar refractivity (Wildman–Crippen MR) is 99.2 cm³/mol. The van der Waals surface area contributed by atoms with Crippen molar-refractivity contribution in [2.45, 2.75) is 18.4 Å². The molecule has 0 fully saturated rings. The van der Waals surface area contributed by atoms with E-state index < -0.39 is 0 Å². The van der Waals surface area contributed by atoms with Crippen molar-refractivity contribution >= 4 is 61.7 Å². The van der Waals surface area contributed by atoms with Gasteiger partial charge in [0.15, 0.2) is 5.13 Å².